The first-order valence-electron chi connectivity index (χ1n) is 14.0. The lowest BCUT2D eigenvalue weighted by Crippen LogP contribution is -2.45. The van der Waals surface area contributed by atoms with Crippen LogP contribution in [-0.4, -0.2) is 32.9 Å². The van der Waals surface area contributed by atoms with Gasteiger partial charge in [-0.2, -0.15) is 0 Å². The minimum atomic E-state index is -5.07. The van der Waals surface area contributed by atoms with Crippen LogP contribution in [0.5, 0.6) is 0 Å². The van der Waals surface area contributed by atoms with E-state index in [1.807, 2.05) is 30.3 Å². The quantitative estimate of drug-likeness (QED) is 0.0982. The molecule has 0 aliphatic carbocycles. The summed E-state index contributed by atoms with van der Waals surface area (Å²) in [6.45, 7) is 3.69. The molecule has 4 aromatic carbocycles. The predicted molar refractivity (Wildman–Crippen MR) is 161 cm³/mol. The van der Waals surface area contributed by atoms with Crippen LogP contribution in [0.25, 0.3) is 0 Å². The average molecular weight is 677 g/mol. The van der Waals surface area contributed by atoms with Gasteiger partial charge in [-0.15, -0.1) is 0 Å². The molecule has 0 saturated heterocycles. The van der Waals surface area contributed by atoms with E-state index in [0.29, 0.717) is 0 Å². The Labute approximate surface area is 267 Å². The summed E-state index contributed by atoms with van der Waals surface area (Å²) < 4.78 is 109. The number of sulfonamides is 1. The average Bonchev–Trinajstić information content (AvgIpc) is 3.04. The van der Waals surface area contributed by atoms with E-state index in [2.05, 4.69) is 5.32 Å². The molecule has 0 spiro atoms. The minimum Gasteiger partial charge on any atom is -0.376 e. The van der Waals surface area contributed by atoms with E-state index >= 15 is 0 Å². The Morgan fingerprint density at radius 1 is 0.723 bits per heavy atom. The van der Waals surface area contributed by atoms with Crippen molar-refractivity contribution >= 4 is 27.5 Å². The highest BCUT2D eigenvalue weighted by molar-refractivity contribution is 7.90. The monoisotopic (exact) mass is 676 g/mol. The maximum absolute atomic E-state index is 14.2. The molecular weight excluding hydrogens is 647 g/mol. The molecule has 0 radical (unpaired) electrons. The topological polar surface area (TPSA) is 111 Å². The number of rotatable bonds is 13. The molecule has 0 bridgehead atoms. The highest BCUT2D eigenvalue weighted by Gasteiger charge is 2.38. The molecule has 14 heteroatoms. The summed E-state index contributed by atoms with van der Waals surface area (Å²) >= 11 is 0. The third-order valence-electron chi connectivity index (χ3n) is 6.89. The number of carbonyl (C=O) groups excluding carboxylic acids is 2. The van der Waals surface area contributed by atoms with Gasteiger partial charge in [0.2, 0.25) is 5.82 Å². The number of anilines is 1. The highest BCUT2D eigenvalue weighted by Crippen LogP contribution is 2.29. The molecule has 248 valence electrons. The molecule has 0 saturated carbocycles. The molecule has 2 N–H and O–H groups in total. The van der Waals surface area contributed by atoms with Crippen LogP contribution in [0.4, 0.5) is 27.6 Å². The van der Waals surface area contributed by atoms with Crippen molar-refractivity contribution < 1.29 is 49.4 Å². The summed E-state index contributed by atoms with van der Waals surface area (Å²) in [5.74, 6) is -15.4. The molecule has 0 aromatic heterocycles. The molecule has 0 fully saturated rings. The molecule has 8 nitrogen and oxygen atoms in total. The number of hydrogen-bond donors (Lipinski definition) is 2. The number of para-hydroxylation sites is 1. The first kappa shape index (κ1) is 35.2. The van der Waals surface area contributed by atoms with E-state index in [0.717, 1.165) is 17.2 Å². The number of halogens is 5. The second-order valence-corrected chi connectivity index (χ2v) is 12.7. The van der Waals surface area contributed by atoms with Crippen molar-refractivity contribution in [1.29, 1.82) is 0 Å². The Hall–Kier alpha value is -4.66. The second kappa shape index (κ2) is 14.8. The first-order valence-corrected chi connectivity index (χ1v) is 15.5. The maximum atomic E-state index is 14.2. The van der Waals surface area contributed by atoms with Crippen molar-refractivity contribution in [2.75, 3.05) is 11.9 Å². The number of ether oxygens (including phenoxy) is 2. The van der Waals surface area contributed by atoms with Gasteiger partial charge in [0.25, 0.3) is 21.8 Å². The SMILES string of the molecule is CC(C)(COCc1ccccc1)C(OCc1ccccc1)C(=O)Nc1ccccc1S(=O)(=O)NC(=O)c1c(F)c(F)c(F)c(F)c1F. The zero-order chi connectivity index (χ0) is 34.4. The van der Waals surface area contributed by atoms with Gasteiger partial charge >= 0.3 is 0 Å². The van der Waals surface area contributed by atoms with Crippen LogP contribution in [0, 0.1) is 34.5 Å². The number of nitrogens with one attached hydrogen (secondary N) is 2. The largest absolute Gasteiger partial charge is 0.376 e. The van der Waals surface area contributed by atoms with E-state index in [-0.39, 0.29) is 25.5 Å². The lowest BCUT2D eigenvalue weighted by molar-refractivity contribution is -0.141. The van der Waals surface area contributed by atoms with Gasteiger partial charge in [-0.1, -0.05) is 86.6 Å². The summed E-state index contributed by atoms with van der Waals surface area (Å²) in [5, 5.41) is 2.46. The Balaban J connectivity index is 1.59. The van der Waals surface area contributed by atoms with Crippen molar-refractivity contribution in [2.45, 2.75) is 38.1 Å². The molecule has 0 aliphatic heterocycles. The molecule has 47 heavy (non-hydrogen) atoms. The van der Waals surface area contributed by atoms with Crippen LogP contribution >= 0.6 is 0 Å². The van der Waals surface area contributed by atoms with Crippen LogP contribution < -0.4 is 10.0 Å². The van der Waals surface area contributed by atoms with Gasteiger partial charge in [0.05, 0.1) is 25.5 Å². The number of amides is 2. The van der Waals surface area contributed by atoms with E-state index in [4.69, 9.17) is 9.47 Å². The van der Waals surface area contributed by atoms with Crippen molar-refractivity contribution in [2.24, 2.45) is 5.41 Å². The van der Waals surface area contributed by atoms with Crippen molar-refractivity contribution in [3.05, 3.63) is 131 Å². The first-order chi connectivity index (χ1) is 22.2. The van der Waals surface area contributed by atoms with Gasteiger partial charge in [-0.25, -0.2) is 35.1 Å². The predicted octanol–water partition coefficient (Wildman–Crippen LogP) is 6.27. The zero-order valence-corrected chi connectivity index (χ0v) is 25.8. The number of carbonyl (C=O) groups is 2. The lowest BCUT2D eigenvalue weighted by Gasteiger charge is -2.33. The van der Waals surface area contributed by atoms with E-state index < -0.39 is 72.9 Å². The molecule has 4 aromatic rings. The summed E-state index contributed by atoms with van der Waals surface area (Å²) in [6, 6.07) is 22.9. The molecule has 0 aliphatic rings. The fraction of sp³-hybridized carbons (Fsp3) is 0.212. The Bertz CT molecular complexity index is 1830. The zero-order valence-electron chi connectivity index (χ0n) is 25.0. The van der Waals surface area contributed by atoms with Crippen molar-refractivity contribution in [3.63, 3.8) is 0 Å². The van der Waals surface area contributed by atoms with Crippen LogP contribution in [0.2, 0.25) is 0 Å². The summed E-state index contributed by atoms with van der Waals surface area (Å²) in [7, 11) is -5.07. The van der Waals surface area contributed by atoms with Gasteiger partial charge in [0.1, 0.15) is 16.6 Å². The summed E-state index contributed by atoms with van der Waals surface area (Å²) in [5.41, 5.74) is -1.74. The van der Waals surface area contributed by atoms with Crippen LogP contribution in [-0.2, 0) is 37.5 Å². The van der Waals surface area contributed by atoms with E-state index in [1.165, 1.54) is 22.9 Å². The number of benzene rings is 4. The number of hydrogen-bond acceptors (Lipinski definition) is 6. The maximum Gasteiger partial charge on any atom is 0.271 e. The second-order valence-electron chi connectivity index (χ2n) is 11.0. The van der Waals surface area contributed by atoms with Gasteiger partial charge in [-0.3, -0.25) is 9.59 Å². The fourth-order valence-electron chi connectivity index (χ4n) is 4.53. The van der Waals surface area contributed by atoms with E-state index in [1.54, 1.807) is 44.2 Å². The third-order valence-corrected chi connectivity index (χ3v) is 8.28. The lowest BCUT2D eigenvalue weighted by atomic mass is 9.86. The molecular formula is C33H29F5N2O6S. The standard InChI is InChI=1S/C33H29F5N2O6S/c1-33(2,19-45-17-20-11-5-3-6-12-20)30(46-18-21-13-7-4-8-14-21)32(42)39-22-15-9-10-16-23(22)47(43,44)40-31(41)24-25(34)27(36)29(38)28(37)26(24)35/h3-16,30H,17-19H2,1-2H3,(H,39,42)(H,40,41). The van der Waals surface area contributed by atoms with Crippen molar-refractivity contribution in [3.8, 4) is 0 Å². The Morgan fingerprint density at radius 3 is 1.79 bits per heavy atom. The summed E-state index contributed by atoms with van der Waals surface area (Å²) in [4.78, 5) is 25.5. The van der Waals surface area contributed by atoms with Crippen LogP contribution in [0.3, 0.4) is 0 Å². The smallest absolute Gasteiger partial charge is 0.271 e. The van der Waals surface area contributed by atoms with Gasteiger partial charge in [0.15, 0.2) is 23.3 Å². The summed E-state index contributed by atoms with van der Waals surface area (Å²) in [6.07, 6.45) is -1.24. The molecule has 1 atom stereocenters. The molecule has 2 amide bonds. The van der Waals surface area contributed by atoms with Crippen LogP contribution in [0.1, 0.15) is 35.3 Å². The molecule has 1 unspecified atom stereocenters. The molecule has 0 heterocycles. The minimum absolute atomic E-state index is 0.00103. The normalized spacial score (nSPS) is 12.4. The van der Waals surface area contributed by atoms with Gasteiger partial charge in [0, 0.05) is 5.41 Å². The Kier molecular flexibility index (Phi) is 11.1. The molecule has 4 rings (SSSR count). The van der Waals surface area contributed by atoms with Crippen LogP contribution in [0.15, 0.2) is 89.8 Å². The van der Waals surface area contributed by atoms with E-state index in [9.17, 15) is 40.0 Å². The Morgan fingerprint density at radius 2 is 1.21 bits per heavy atom. The van der Waals surface area contributed by atoms with Gasteiger partial charge in [-0.05, 0) is 23.3 Å². The fourth-order valence-corrected chi connectivity index (χ4v) is 5.65. The highest BCUT2D eigenvalue weighted by atomic mass is 32.2. The van der Waals surface area contributed by atoms with Crippen molar-refractivity contribution in [1.82, 2.24) is 4.72 Å². The third kappa shape index (κ3) is 8.39. The van der Waals surface area contributed by atoms with Gasteiger partial charge < -0.3 is 14.8 Å².